The Bertz CT molecular complexity index is 856. The van der Waals surface area contributed by atoms with Crippen LogP contribution in [0.25, 0.3) is 11.0 Å². The van der Waals surface area contributed by atoms with E-state index in [0.29, 0.717) is 23.9 Å². The van der Waals surface area contributed by atoms with Crippen LogP contribution in [-0.4, -0.2) is 43.5 Å². The number of likely N-dealkylation sites (tertiary alicyclic amines) is 1. The van der Waals surface area contributed by atoms with Crippen LogP contribution in [0.3, 0.4) is 0 Å². The minimum atomic E-state index is -3.81. The van der Waals surface area contributed by atoms with Crippen LogP contribution in [0.1, 0.15) is 36.2 Å². The summed E-state index contributed by atoms with van der Waals surface area (Å²) in [7, 11) is -3.81. The largest absolute Gasteiger partial charge is 0.451 e. The third-order valence-corrected chi connectivity index (χ3v) is 5.29. The second kappa shape index (κ2) is 6.54. The maximum absolute atomic E-state index is 12.7. The van der Waals surface area contributed by atoms with Crippen LogP contribution in [-0.2, 0) is 10.0 Å². The van der Waals surface area contributed by atoms with E-state index in [2.05, 4.69) is 0 Å². The molecule has 24 heavy (non-hydrogen) atoms. The molecule has 3 N–H and O–H groups in total. The van der Waals surface area contributed by atoms with Crippen molar-refractivity contribution in [3.63, 3.8) is 0 Å². The number of carbonyl (C=O) groups excluding carboxylic acids is 1. The van der Waals surface area contributed by atoms with Gasteiger partial charge in [-0.3, -0.25) is 4.79 Å². The molecule has 1 amide bonds. The number of carbonyl (C=O) groups is 1. The van der Waals surface area contributed by atoms with Gasteiger partial charge in [0.15, 0.2) is 5.76 Å². The summed E-state index contributed by atoms with van der Waals surface area (Å²) in [5.41, 5.74) is 0.432. The molecule has 3 rings (SSSR count). The highest BCUT2D eigenvalue weighted by atomic mass is 32.2. The maximum Gasteiger partial charge on any atom is 0.289 e. The van der Waals surface area contributed by atoms with Crippen LogP contribution in [0, 0.1) is 0 Å². The third kappa shape index (κ3) is 3.31. The Labute approximate surface area is 140 Å². The number of piperidine rings is 1. The fourth-order valence-corrected chi connectivity index (χ4v) is 3.71. The Morgan fingerprint density at radius 2 is 2.12 bits per heavy atom. The number of hydrogen-bond donors (Lipinski definition) is 2. The van der Waals surface area contributed by atoms with Gasteiger partial charge in [0.05, 0.1) is 4.90 Å². The van der Waals surface area contributed by atoms with Gasteiger partial charge in [-0.1, -0.05) is 0 Å². The van der Waals surface area contributed by atoms with Crippen molar-refractivity contribution in [2.45, 2.75) is 36.6 Å². The van der Waals surface area contributed by atoms with Gasteiger partial charge >= 0.3 is 0 Å². The number of amides is 1. The maximum atomic E-state index is 12.7. The second-order valence-corrected chi connectivity index (χ2v) is 7.58. The standard InChI is InChI=1S/C16H20N2O5S/c17-24(21,22)13-4-5-14-11(9-13)10-15(23-14)16(20)18-7-2-1-3-12(18)6-8-19/h4-5,9-10,12,19H,1-3,6-8H2,(H2,17,21,22). The highest BCUT2D eigenvalue weighted by Gasteiger charge is 2.29. The minimum Gasteiger partial charge on any atom is -0.451 e. The van der Waals surface area contributed by atoms with Gasteiger partial charge in [0, 0.05) is 24.6 Å². The van der Waals surface area contributed by atoms with Gasteiger partial charge < -0.3 is 14.4 Å². The number of sulfonamides is 1. The first-order valence-corrected chi connectivity index (χ1v) is 9.43. The summed E-state index contributed by atoms with van der Waals surface area (Å²) >= 11 is 0. The number of rotatable bonds is 4. The molecule has 7 nitrogen and oxygen atoms in total. The van der Waals surface area contributed by atoms with Gasteiger partial charge in [-0.25, -0.2) is 13.6 Å². The van der Waals surface area contributed by atoms with E-state index in [-0.39, 0.29) is 29.2 Å². The summed E-state index contributed by atoms with van der Waals surface area (Å²) in [5.74, 6) is -0.0667. The normalized spacial score (nSPS) is 18.9. The Hall–Kier alpha value is -1.90. The van der Waals surface area contributed by atoms with Crippen molar-refractivity contribution in [1.29, 1.82) is 0 Å². The molecule has 1 unspecified atom stereocenters. The van der Waals surface area contributed by atoms with Crippen molar-refractivity contribution in [2.75, 3.05) is 13.2 Å². The predicted molar refractivity (Wildman–Crippen MR) is 88.0 cm³/mol. The first kappa shape index (κ1) is 16.9. The first-order valence-electron chi connectivity index (χ1n) is 7.88. The average Bonchev–Trinajstić information content (AvgIpc) is 2.97. The van der Waals surface area contributed by atoms with E-state index in [0.717, 1.165) is 19.3 Å². The van der Waals surface area contributed by atoms with E-state index in [1.54, 1.807) is 4.90 Å². The zero-order valence-corrected chi connectivity index (χ0v) is 14.0. The monoisotopic (exact) mass is 352 g/mol. The van der Waals surface area contributed by atoms with E-state index in [9.17, 15) is 18.3 Å². The van der Waals surface area contributed by atoms with Crippen molar-refractivity contribution >= 4 is 26.9 Å². The van der Waals surface area contributed by atoms with Crippen molar-refractivity contribution < 1.29 is 22.7 Å². The zero-order valence-electron chi connectivity index (χ0n) is 13.1. The lowest BCUT2D eigenvalue weighted by molar-refractivity contribution is 0.0545. The molecule has 0 bridgehead atoms. The molecule has 0 spiro atoms. The van der Waals surface area contributed by atoms with Gasteiger partial charge in [0.25, 0.3) is 5.91 Å². The highest BCUT2D eigenvalue weighted by molar-refractivity contribution is 7.89. The number of nitrogens with zero attached hydrogens (tertiary/aromatic N) is 1. The molecule has 1 saturated heterocycles. The lowest BCUT2D eigenvalue weighted by atomic mass is 9.99. The van der Waals surface area contributed by atoms with E-state index in [1.165, 1.54) is 24.3 Å². The molecule has 1 aliphatic rings. The molecule has 0 radical (unpaired) electrons. The molecule has 1 aliphatic heterocycles. The molecular formula is C16H20N2O5S. The molecule has 8 heteroatoms. The molecule has 130 valence electrons. The molecule has 0 aliphatic carbocycles. The highest BCUT2D eigenvalue weighted by Crippen LogP contribution is 2.26. The number of hydrogen-bond acceptors (Lipinski definition) is 5. The van der Waals surface area contributed by atoms with E-state index < -0.39 is 10.0 Å². The Morgan fingerprint density at radius 3 is 2.83 bits per heavy atom. The van der Waals surface area contributed by atoms with Gasteiger partial charge in [-0.2, -0.15) is 0 Å². The van der Waals surface area contributed by atoms with Gasteiger partial charge in [0.1, 0.15) is 5.58 Å². The molecule has 1 aromatic heterocycles. The molecule has 0 saturated carbocycles. The summed E-state index contributed by atoms with van der Waals surface area (Å²) < 4.78 is 28.4. The van der Waals surface area contributed by atoms with Crippen LogP contribution >= 0.6 is 0 Å². The number of primary sulfonamides is 1. The summed E-state index contributed by atoms with van der Waals surface area (Å²) in [6.45, 7) is 0.662. The predicted octanol–water partition coefficient (Wildman–Crippen LogP) is 1.46. The third-order valence-electron chi connectivity index (χ3n) is 4.38. The summed E-state index contributed by atoms with van der Waals surface area (Å²) in [6, 6.07) is 5.78. The number of benzene rings is 1. The van der Waals surface area contributed by atoms with Crippen LogP contribution in [0.2, 0.25) is 0 Å². The zero-order chi connectivity index (χ0) is 17.3. The molecular weight excluding hydrogens is 332 g/mol. The van der Waals surface area contributed by atoms with Crippen molar-refractivity contribution in [3.8, 4) is 0 Å². The Balaban J connectivity index is 1.92. The Kier molecular flexibility index (Phi) is 4.62. The van der Waals surface area contributed by atoms with Crippen LogP contribution in [0.15, 0.2) is 33.6 Å². The fourth-order valence-electron chi connectivity index (χ4n) is 3.16. The van der Waals surface area contributed by atoms with Crippen molar-refractivity contribution in [2.24, 2.45) is 5.14 Å². The molecule has 2 aromatic rings. The average molecular weight is 352 g/mol. The van der Waals surface area contributed by atoms with Crippen LogP contribution in [0.5, 0.6) is 0 Å². The van der Waals surface area contributed by atoms with Gasteiger partial charge in [-0.05, 0) is 49.9 Å². The van der Waals surface area contributed by atoms with E-state index >= 15 is 0 Å². The second-order valence-electron chi connectivity index (χ2n) is 6.02. The van der Waals surface area contributed by atoms with Crippen molar-refractivity contribution in [3.05, 3.63) is 30.0 Å². The molecule has 2 heterocycles. The van der Waals surface area contributed by atoms with E-state index in [4.69, 9.17) is 9.56 Å². The number of aliphatic hydroxyl groups is 1. The van der Waals surface area contributed by atoms with Gasteiger partial charge in [-0.15, -0.1) is 0 Å². The smallest absolute Gasteiger partial charge is 0.289 e. The lowest BCUT2D eigenvalue weighted by Crippen LogP contribution is -2.44. The number of nitrogens with two attached hydrogens (primary N) is 1. The van der Waals surface area contributed by atoms with Gasteiger partial charge in [0.2, 0.25) is 10.0 Å². The quantitative estimate of drug-likeness (QED) is 0.864. The van der Waals surface area contributed by atoms with Crippen LogP contribution < -0.4 is 5.14 Å². The molecule has 1 aromatic carbocycles. The molecule has 1 fully saturated rings. The lowest BCUT2D eigenvalue weighted by Gasteiger charge is -2.34. The topological polar surface area (TPSA) is 114 Å². The Morgan fingerprint density at radius 1 is 1.33 bits per heavy atom. The number of fused-ring (bicyclic) bond motifs is 1. The fraction of sp³-hybridized carbons (Fsp3) is 0.438. The minimum absolute atomic E-state index is 0.00411. The number of aliphatic hydroxyl groups excluding tert-OH is 1. The number of furan rings is 1. The molecule has 1 atom stereocenters. The summed E-state index contributed by atoms with van der Waals surface area (Å²) in [4.78, 5) is 14.5. The first-order chi connectivity index (χ1) is 11.4. The summed E-state index contributed by atoms with van der Waals surface area (Å²) in [6.07, 6.45) is 3.36. The van der Waals surface area contributed by atoms with Crippen LogP contribution in [0.4, 0.5) is 0 Å². The summed E-state index contributed by atoms with van der Waals surface area (Å²) in [5, 5.41) is 14.8. The van der Waals surface area contributed by atoms with Crippen molar-refractivity contribution in [1.82, 2.24) is 4.90 Å². The SMILES string of the molecule is NS(=O)(=O)c1ccc2oc(C(=O)N3CCCCC3CCO)cc2c1. The van der Waals surface area contributed by atoms with E-state index in [1.807, 2.05) is 0 Å².